The second-order valence-electron chi connectivity index (χ2n) is 18.8. The van der Waals surface area contributed by atoms with Gasteiger partial charge in [0.05, 0.1) is 38.3 Å². The first-order valence-electron chi connectivity index (χ1n) is 21.3. The molecule has 0 spiro atoms. The van der Waals surface area contributed by atoms with Crippen LogP contribution in [0.15, 0.2) is 30.3 Å². The number of benzene rings is 1. The summed E-state index contributed by atoms with van der Waals surface area (Å²) in [5, 5.41) is 25.4. The molecule has 5 amide bonds. The predicted molar refractivity (Wildman–Crippen MR) is 234 cm³/mol. The zero-order valence-electron chi connectivity index (χ0n) is 39.2. The summed E-state index contributed by atoms with van der Waals surface area (Å²) >= 11 is 0. The van der Waals surface area contributed by atoms with Crippen LogP contribution in [0.5, 0.6) is 0 Å². The Labute approximate surface area is 372 Å². The molecule has 63 heavy (non-hydrogen) atoms. The molecule has 5 aliphatic rings. The van der Waals surface area contributed by atoms with Crippen molar-refractivity contribution in [3.63, 3.8) is 0 Å². The van der Waals surface area contributed by atoms with E-state index in [-0.39, 0.29) is 49.2 Å². The van der Waals surface area contributed by atoms with Crippen molar-refractivity contribution < 1.29 is 57.1 Å². The molecule has 1 aromatic carbocycles. The van der Waals surface area contributed by atoms with Gasteiger partial charge in [0, 0.05) is 19.6 Å². The highest BCUT2D eigenvalue weighted by atomic mass is 16.6. The van der Waals surface area contributed by atoms with Crippen molar-refractivity contribution >= 4 is 30.5 Å². The summed E-state index contributed by atoms with van der Waals surface area (Å²) < 4.78 is 35.1. The van der Waals surface area contributed by atoms with Gasteiger partial charge in [0.1, 0.15) is 35.2 Å². The van der Waals surface area contributed by atoms with Crippen LogP contribution in [-0.2, 0) is 39.8 Å². The molecule has 0 aliphatic carbocycles. The Hall–Kier alpha value is -4.67. The third-order valence-corrected chi connectivity index (χ3v) is 7.39. The lowest BCUT2D eigenvalue weighted by molar-refractivity contribution is 0.0319. The van der Waals surface area contributed by atoms with Crippen LogP contribution in [0.4, 0.5) is 24.0 Å². The minimum atomic E-state index is -0.459. The molecule has 1 aromatic rings. The average Bonchev–Trinajstić information content (AvgIpc) is 4.06. The van der Waals surface area contributed by atoms with Gasteiger partial charge in [0.2, 0.25) is 0 Å². The summed E-state index contributed by atoms with van der Waals surface area (Å²) in [6, 6.07) is 9.60. The number of amides is 5. The second-order valence-corrected chi connectivity index (χ2v) is 18.8. The molecule has 5 heterocycles. The first-order chi connectivity index (χ1) is 29.2. The van der Waals surface area contributed by atoms with Gasteiger partial charge in [-0.2, -0.15) is 0 Å². The van der Waals surface area contributed by atoms with Gasteiger partial charge in [0.15, 0.2) is 6.23 Å². The lowest BCUT2D eigenvalue weighted by Crippen LogP contribution is -2.53. The van der Waals surface area contributed by atoms with E-state index < -0.39 is 34.6 Å². The molecule has 5 fully saturated rings. The fourth-order valence-electron chi connectivity index (χ4n) is 4.61. The highest BCUT2D eigenvalue weighted by molar-refractivity contribution is 5.69. The van der Waals surface area contributed by atoms with Gasteiger partial charge in [-0.3, -0.25) is 26.6 Å². The first-order valence-corrected chi connectivity index (χ1v) is 21.3. The molecule has 0 saturated carbocycles. The molecule has 5 saturated heterocycles. The van der Waals surface area contributed by atoms with Crippen LogP contribution >= 0.6 is 0 Å². The zero-order chi connectivity index (χ0) is 47.3. The Kier molecular flexibility index (Phi) is 22.6. The summed E-state index contributed by atoms with van der Waals surface area (Å²) in [5.74, 6) is 0. The lowest BCUT2D eigenvalue weighted by Gasteiger charge is -2.26. The van der Waals surface area contributed by atoms with E-state index in [2.05, 4.69) is 47.9 Å². The van der Waals surface area contributed by atoms with Crippen molar-refractivity contribution in [2.75, 3.05) is 46.0 Å². The first kappa shape index (κ1) is 54.5. The quantitative estimate of drug-likeness (QED) is 0.139. The van der Waals surface area contributed by atoms with Crippen molar-refractivity contribution in [1.29, 1.82) is 0 Å². The summed E-state index contributed by atoms with van der Waals surface area (Å²) in [5.41, 5.74) is -0.716. The summed E-state index contributed by atoms with van der Waals surface area (Å²) in [6.45, 7) is 27.5. The number of carbonyl (C=O) groups excluding carboxylic acids is 5. The molecular weight excluding hydrogens is 823 g/mol. The molecule has 21 heteroatoms. The number of nitrogens with one attached hydrogen (secondary N) is 9. The molecule has 5 aliphatic heterocycles. The summed E-state index contributed by atoms with van der Waals surface area (Å²) in [7, 11) is 0. The van der Waals surface area contributed by atoms with Gasteiger partial charge in [-0.15, -0.1) is 0 Å². The van der Waals surface area contributed by atoms with Gasteiger partial charge < -0.3 is 54.4 Å². The standard InChI is InChI=1S/C10H12N2O2.C9H18N2O3.C9H18N2O2.C7H14N2O2.C7H13NO3/c13-10(12-9-6-11-9)14-7-8-4-2-1-3-5-8;1-9(2,3)14-8(12)11-7-6-13-5-4-10-7;1-9(2,3)13-8(12)11-7-5-4-6-10-7;1-7(2,3)11-6(10)9-5-4-8-5;1-7(2,3)11-6(9)8-5-4-10-5/h1-5,9,11H,6-7H2,(H,12,13);7,10H,4-6H2,1-3H3,(H,11,12);7,10H,4-6H2,1-3H3,(H,11,12);5,8H,4H2,1-3H3,(H,9,10);5H,4H2,1-3H3,(H,8,9). The topological polar surface area (TPSA) is 281 Å². The van der Waals surface area contributed by atoms with Crippen LogP contribution in [0.1, 0.15) is 101 Å². The number of epoxide rings is 1. The van der Waals surface area contributed by atoms with E-state index in [9.17, 15) is 24.0 Å². The molecule has 5 unspecified atom stereocenters. The molecule has 0 aromatic heterocycles. The summed E-state index contributed by atoms with van der Waals surface area (Å²) in [6.07, 6.45) is 0.268. The van der Waals surface area contributed by atoms with Gasteiger partial charge in [-0.25, -0.2) is 24.0 Å². The molecular formula is C42H75N9O12. The van der Waals surface area contributed by atoms with Gasteiger partial charge in [0.25, 0.3) is 0 Å². The SMILES string of the molecule is CC(C)(C)OC(=O)NC1CCCN1.CC(C)(C)OC(=O)NC1CN1.CC(C)(C)OC(=O)NC1CO1.CC(C)(C)OC(=O)NC1COCCN1.O=C(NC1CN1)OCc1ccccc1. The molecule has 360 valence electrons. The van der Waals surface area contributed by atoms with Crippen molar-refractivity contribution in [3.05, 3.63) is 35.9 Å². The number of hydrogen-bond acceptors (Lipinski definition) is 16. The van der Waals surface area contributed by atoms with Crippen LogP contribution in [-0.4, -0.2) is 130 Å². The van der Waals surface area contributed by atoms with E-state index in [0.717, 1.165) is 44.6 Å². The number of morpholine rings is 1. The average molecular weight is 898 g/mol. The van der Waals surface area contributed by atoms with E-state index in [4.69, 9.17) is 33.2 Å². The Morgan fingerprint density at radius 3 is 1.35 bits per heavy atom. The Bertz CT molecular complexity index is 1480. The van der Waals surface area contributed by atoms with Crippen molar-refractivity contribution in [2.45, 2.75) is 156 Å². The maximum atomic E-state index is 11.3. The number of alkyl carbamates (subject to hydrolysis) is 5. The van der Waals surface area contributed by atoms with Crippen LogP contribution in [0, 0.1) is 0 Å². The second kappa shape index (κ2) is 26.2. The van der Waals surface area contributed by atoms with Crippen molar-refractivity contribution in [1.82, 2.24) is 47.9 Å². The largest absolute Gasteiger partial charge is 0.445 e. The third kappa shape index (κ3) is 33.5. The van der Waals surface area contributed by atoms with Crippen molar-refractivity contribution in [2.24, 2.45) is 0 Å². The van der Waals surface area contributed by atoms with E-state index in [1.807, 2.05) is 113 Å². The van der Waals surface area contributed by atoms with E-state index in [0.29, 0.717) is 26.4 Å². The van der Waals surface area contributed by atoms with E-state index >= 15 is 0 Å². The van der Waals surface area contributed by atoms with Gasteiger partial charge in [-0.1, -0.05) is 30.3 Å². The molecule has 21 nitrogen and oxygen atoms in total. The van der Waals surface area contributed by atoms with Crippen LogP contribution in [0.25, 0.3) is 0 Å². The monoisotopic (exact) mass is 898 g/mol. The zero-order valence-corrected chi connectivity index (χ0v) is 39.2. The highest BCUT2D eigenvalue weighted by Gasteiger charge is 2.28. The number of hydrogen-bond donors (Lipinski definition) is 9. The van der Waals surface area contributed by atoms with Crippen molar-refractivity contribution in [3.8, 4) is 0 Å². The lowest BCUT2D eigenvalue weighted by atomic mass is 10.2. The highest BCUT2D eigenvalue weighted by Crippen LogP contribution is 2.11. The molecule has 0 bridgehead atoms. The minimum Gasteiger partial charge on any atom is -0.445 e. The third-order valence-electron chi connectivity index (χ3n) is 7.39. The Morgan fingerprint density at radius 2 is 0.968 bits per heavy atom. The van der Waals surface area contributed by atoms with E-state index in [1.165, 1.54) is 0 Å². The normalized spacial score (nSPS) is 21.9. The van der Waals surface area contributed by atoms with E-state index in [1.54, 1.807) is 0 Å². The molecule has 5 atom stereocenters. The van der Waals surface area contributed by atoms with Crippen LogP contribution < -0.4 is 47.9 Å². The molecule has 9 N–H and O–H groups in total. The number of rotatable bonds is 7. The minimum absolute atomic E-state index is 0.0925. The summed E-state index contributed by atoms with van der Waals surface area (Å²) in [4.78, 5) is 55.5. The molecule has 0 radical (unpaired) electrons. The van der Waals surface area contributed by atoms with Crippen LogP contribution in [0.3, 0.4) is 0 Å². The number of ether oxygens (including phenoxy) is 7. The Morgan fingerprint density at radius 1 is 0.556 bits per heavy atom. The maximum Gasteiger partial charge on any atom is 0.409 e. The van der Waals surface area contributed by atoms with Gasteiger partial charge >= 0.3 is 30.5 Å². The fourth-order valence-corrected chi connectivity index (χ4v) is 4.61. The fraction of sp³-hybridized carbons (Fsp3) is 0.738. The smallest absolute Gasteiger partial charge is 0.409 e. The molecule has 6 rings (SSSR count). The predicted octanol–water partition coefficient (Wildman–Crippen LogP) is 3.83. The van der Waals surface area contributed by atoms with Crippen LogP contribution in [0.2, 0.25) is 0 Å². The Balaban J connectivity index is 0.000000272. The van der Waals surface area contributed by atoms with Gasteiger partial charge in [-0.05, 0) is 108 Å². The number of carbonyl (C=O) groups is 5. The maximum absolute atomic E-state index is 11.3.